The summed E-state index contributed by atoms with van der Waals surface area (Å²) >= 11 is 5.89. The number of hydrogen-bond donors (Lipinski definition) is 1. The van der Waals surface area contributed by atoms with E-state index in [2.05, 4.69) is 15.5 Å². The molecule has 0 aliphatic rings. The summed E-state index contributed by atoms with van der Waals surface area (Å²) in [6.45, 7) is 0.369. The molecule has 3 rings (SSSR count). The van der Waals surface area contributed by atoms with E-state index in [4.69, 9.17) is 16.1 Å². The highest BCUT2D eigenvalue weighted by Crippen LogP contribution is 2.20. The van der Waals surface area contributed by atoms with Crippen LogP contribution < -0.4 is 5.32 Å². The number of nitrogens with zero attached hydrogens (tertiary/aromatic N) is 3. The van der Waals surface area contributed by atoms with E-state index in [-0.39, 0.29) is 5.91 Å². The molecule has 0 radical (unpaired) electrons. The van der Waals surface area contributed by atoms with E-state index in [1.165, 1.54) is 0 Å². The number of hydrogen-bond acceptors (Lipinski definition) is 5. The maximum Gasteiger partial charge on any atom is 0.246 e. The van der Waals surface area contributed by atoms with Gasteiger partial charge in [-0.25, -0.2) is 0 Å². The zero-order valence-corrected chi connectivity index (χ0v) is 15.3. The Bertz CT molecular complexity index is 891. The maximum absolute atomic E-state index is 12.0. The second-order valence-corrected chi connectivity index (χ2v) is 6.43. The summed E-state index contributed by atoms with van der Waals surface area (Å²) in [7, 11) is 3.49. The van der Waals surface area contributed by atoms with Crippen LogP contribution >= 0.6 is 11.6 Å². The summed E-state index contributed by atoms with van der Waals surface area (Å²) in [5.74, 6) is 1.01. The lowest BCUT2D eigenvalue weighted by Gasteiger charge is -2.13. The van der Waals surface area contributed by atoms with E-state index in [1.807, 2.05) is 36.4 Å². The van der Waals surface area contributed by atoms with Crippen LogP contribution in [0, 0.1) is 0 Å². The number of amides is 1. The molecular formula is C19H19ClN4O2. The quantitative estimate of drug-likeness (QED) is 0.717. The van der Waals surface area contributed by atoms with Gasteiger partial charge in [-0.3, -0.25) is 4.79 Å². The highest BCUT2D eigenvalue weighted by Gasteiger charge is 2.12. The molecule has 0 bridgehead atoms. The summed E-state index contributed by atoms with van der Waals surface area (Å²) in [6.07, 6.45) is 0.329. The molecule has 1 N–H and O–H groups in total. The topological polar surface area (TPSA) is 71.3 Å². The molecule has 0 saturated carbocycles. The van der Waals surface area contributed by atoms with Crippen molar-refractivity contribution in [1.29, 1.82) is 0 Å². The third-order valence-electron chi connectivity index (χ3n) is 3.86. The molecule has 2 aromatic carbocycles. The van der Waals surface area contributed by atoms with Crippen molar-refractivity contribution in [3.05, 3.63) is 65.0 Å². The Kier molecular flexibility index (Phi) is 5.53. The zero-order chi connectivity index (χ0) is 18.5. The molecule has 26 heavy (non-hydrogen) atoms. The number of para-hydroxylation sites is 1. The molecule has 7 heteroatoms. The van der Waals surface area contributed by atoms with Crippen LogP contribution in [0.15, 0.2) is 53.1 Å². The van der Waals surface area contributed by atoms with Crippen molar-refractivity contribution < 1.29 is 9.32 Å². The van der Waals surface area contributed by atoms with Gasteiger partial charge in [-0.15, -0.1) is 0 Å². The molecule has 3 aromatic rings. The van der Waals surface area contributed by atoms with Crippen LogP contribution in [0.2, 0.25) is 5.02 Å². The van der Waals surface area contributed by atoms with Gasteiger partial charge in [0.25, 0.3) is 0 Å². The van der Waals surface area contributed by atoms with Gasteiger partial charge in [-0.1, -0.05) is 35.0 Å². The van der Waals surface area contributed by atoms with Gasteiger partial charge >= 0.3 is 0 Å². The molecule has 1 heterocycles. The number of carbonyl (C=O) groups is 1. The molecule has 0 unspecified atom stereocenters. The number of anilines is 1. The van der Waals surface area contributed by atoms with Gasteiger partial charge in [0.1, 0.15) is 0 Å². The van der Waals surface area contributed by atoms with E-state index >= 15 is 0 Å². The molecule has 6 nitrogen and oxygen atoms in total. The minimum atomic E-state index is 0.0436. The first kappa shape index (κ1) is 17.9. The number of carbonyl (C=O) groups excluding carboxylic acids is 1. The van der Waals surface area contributed by atoms with Gasteiger partial charge < -0.3 is 14.7 Å². The number of halogens is 1. The molecule has 0 spiro atoms. The van der Waals surface area contributed by atoms with Gasteiger partial charge in [0, 0.05) is 30.4 Å². The van der Waals surface area contributed by atoms with Crippen molar-refractivity contribution >= 4 is 23.2 Å². The molecule has 1 amide bonds. The Balaban J connectivity index is 1.68. The third kappa shape index (κ3) is 4.40. The van der Waals surface area contributed by atoms with Crippen LogP contribution in [0.3, 0.4) is 0 Å². The summed E-state index contributed by atoms with van der Waals surface area (Å²) in [4.78, 5) is 17.9. The van der Waals surface area contributed by atoms with E-state index in [0.717, 1.165) is 16.8 Å². The molecule has 0 aliphatic heterocycles. The smallest absolute Gasteiger partial charge is 0.246 e. The molecular weight excluding hydrogens is 352 g/mol. The van der Waals surface area contributed by atoms with Crippen molar-refractivity contribution in [1.82, 2.24) is 15.0 Å². The van der Waals surface area contributed by atoms with Gasteiger partial charge in [0.15, 0.2) is 0 Å². The summed E-state index contributed by atoms with van der Waals surface area (Å²) < 4.78 is 5.30. The number of likely N-dealkylation sites (N-methyl/N-ethyl adjacent to an activating group) is 1. The summed E-state index contributed by atoms with van der Waals surface area (Å²) in [5, 5.41) is 7.91. The summed E-state index contributed by atoms with van der Waals surface area (Å²) in [5.41, 5.74) is 2.62. The van der Waals surface area contributed by atoms with Crippen LogP contribution in [0.4, 0.5) is 5.69 Å². The Hall–Kier alpha value is -2.86. The fourth-order valence-corrected chi connectivity index (χ4v) is 2.51. The number of nitrogens with one attached hydrogen (secondary N) is 1. The van der Waals surface area contributed by atoms with E-state index in [9.17, 15) is 4.79 Å². The maximum atomic E-state index is 12.0. The van der Waals surface area contributed by atoms with E-state index < -0.39 is 0 Å². The molecule has 0 atom stereocenters. The van der Waals surface area contributed by atoms with Crippen LogP contribution in [-0.4, -0.2) is 35.0 Å². The second-order valence-electron chi connectivity index (χ2n) is 5.99. The highest BCUT2D eigenvalue weighted by atomic mass is 35.5. The van der Waals surface area contributed by atoms with Crippen LogP contribution in [0.25, 0.3) is 11.4 Å². The lowest BCUT2D eigenvalue weighted by Crippen LogP contribution is -2.23. The van der Waals surface area contributed by atoms with Crippen LogP contribution in [0.5, 0.6) is 0 Å². The van der Waals surface area contributed by atoms with Crippen molar-refractivity contribution in [2.45, 2.75) is 13.0 Å². The third-order valence-corrected chi connectivity index (χ3v) is 4.11. The molecule has 0 fully saturated rings. The fourth-order valence-electron chi connectivity index (χ4n) is 2.38. The highest BCUT2D eigenvalue weighted by molar-refractivity contribution is 6.30. The first-order valence-electron chi connectivity index (χ1n) is 8.13. The molecule has 0 saturated heterocycles. The first-order chi connectivity index (χ1) is 12.5. The number of aromatic nitrogens is 2. The van der Waals surface area contributed by atoms with Gasteiger partial charge in [-0.2, -0.15) is 4.98 Å². The predicted octanol–water partition coefficient (Wildman–Crippen LogP) is 3.63. The Morgan fingerprint density at radius 1 is 1.15 bits per heavy atom. The van der Waals surface area contributed by atoms with Gasteiger partial charge in [0.05, 0.1) is 13.0 Å². The number of benzene rings is 2. The van der Waals surface area contributed by atoms with Gasteiger partial charge in [0.2, 0.25) is 17.6 Å². The SMILES string of the molecule is CN(C)C(=O)Cc1ccccc1NCc1nc(-c2ccc(Cl)cc2)no1. The minimum absolute atomic E-state index is 0.0436. The predicted molar refractivity (Wildman–Crippen MR) is 101 cm³/mol. The van der Waals surface area contributed by atoms with Crippen molar-refractivity contribution in [3.63, 3.8) is 0 Å². The molecule has 134 valence electrons. The molecule has 0 aliphatic carbocycles. The van der Waals surface area contributed by atoms with Gasteiger partial charge in [-0.05, 0) is 35.9 Å². The average molecular weight is 371 g/mol. The number of rotatable bonds is 6. The van der Waals surface area contributed by atoms with Crippen molar-refractivity contribution in [2.75, 3.05) is 19.4 Å². The standard InChI is InChI=1S/C19H19ClN4O2/c1-24(2)18(25)11-14-5-3-4-6-16(14)21-12-17-22-19(23-26-17)13-7-9-15(20)10-8-13/h3-10,21H,11-12H2,1-2H3. The van der Waals surface area contributed by atoms with Crippen molar-refractivity contribution in [3.8, 4) is 11.4 Å². The monoisotopic (exact) mass is 370 g/mol. The summed E-state index contributed by atoms with van der Waals surface area (Å²) in [6, 6.07) is 14.9. The van der Waals surface area contributed by atoms with E-state index in [0.29, 0.717) is 29.7 Å². The second kappa shape index (κ2) is 8.01. The Morgan fingerprint density at radius 3 is 2.62 bits per heavy atom. The molecule has 1 aromatic heterocycles. The zero-order valence-electron chi connectivity index (χ0n) is 14.6. The Labute approximate surface area is 156 Å². The normalized spacial score (nSPS) is 10.6. The lowest BCUT2D eigenvalue weighted by atomic mass is 10.1. The minimum Gasteiger partial charge on any atom is -0.376 e. The van der Waals surface area contributed by atoms with Crippen molar-refractivity contribution in [2.24, 2.45) is 0 Å². The van der Waals surface area contributed by atoms with Crippen LogP contribution in [-0.2, 0) is 17.8 Å². The average Bonchev–Trinajstić information content (AvgIpc) is 3.10. The fraction of sp³-hybridized carbons (Fsp3) is 0.211. The van der Waals surface area contributed by atoms with Crippen LogP contribution in [0.1, 0.15) is 11.5 Å². The van der Waals surface area contributed by atoms with E-state index in [1.54, 1.807) is 31.1 Å². The lowest BCUT2D eigenvalue weighted by molar-refractivity contribution is -0.127. The Morgan fingerprint density at radius 2 is 1.88 bits per heavy atom. The first-order valence-corrected chi connectivity index (χ1v) is 8.51. The largest absolute Gasteiger partial charge is 0.376 e.